The molecule has 1 fully saturated rings. The Morgan fingerprint density at radius 1 is 0.880 bits per heavy atom. The number of rotatable bonds is 3. The summed E-state index contributed by atoms with van der Waals surface area (Å²) >= 11 is 0. The molecule has 2 aromatic rings. The highest BCUT2D eigenvalue weighted by Crippen LogP contribution is 2.34. The number of ether oxygens (including phenoxy) is 2. The van der Waals surface area contributed by atoms with Gasteiger partial charge in [0, 0.05) is 36.2 Å². The third kappa shape index (κ3) is 3.63. The van der Waals surface area contributed by atoms with Crippen LogP contribution >= 0.6 is 0 Å². The summed E-state index contributed by atoms with van der Waals surface area (Å²) in [7, 11) is 0. The number of hydrogen-bond acceptors (Lipinski definition) is 4. The number of anilines is 3. The zero-order valence-corrected chi connectivity index (χ0v) is 14.0. The molecule has 25 heavy (non-hydrogen) atoms. The van der Waals surface area contributed by atoms with Crippen LogP contribution in [0.1, 0.15) is 19.3 Å². The fourth-order valence-corrected chi connectivity index (χ4v) is 3.20. The minimum Gasteiger partial charge on any atom is -0.454 e. The van der Waals surface area contributed by atoms with Gasteiger partial charge in [-0.05, 0) is 49.6 Å². The third-order valence-electron chi connectivity index (χ3n) is 4.46. The van der Waals surface area contributed by atoms with E-state index in [0.717, 1.165) is 24.5 Å². The fraction of sp³-hybridized carbons (Fsp3) is 0.316. The highest BCUT2D eigenvalue weighted by molar-refractivity contribution is 6.00. The van der Waals surface area contributed by atoms with E-state index in [1.807, 2.05) is 18.2 Å². The molecular weight excluding hydrogens is 318 g/mol. The minimum absolute atomic E-state index is 0.217. The minimum atomic E-state index is -0.283. The highest BCUT2D eigenvalue weighted by atomic mass is 16.7. The standard InChI is InChI=1S/C19H21N3O3/c23-19(21-15-7-8-17-18(12-15)25-13-24-17)20-14-5-4-6-16(11-14)22-9-2-1-3-10-22/h4-8,11-12H,1-3,9-10,13H2,(H2,20,21,23). The van der Waals surface area contributed by atoms with Crippen LogP contribution in [-0.4, -0.2) is 25.9 Å². The van der Waals surface area contributed by atoms with Gasteiger partial charge in [0.1, 0.15) is 0 Å². The summed E-state index contributed by atoms with van der Waals surface area (Å²) in [4.78, 5) is 14.6. The molecule has 0 saturated carbocycles. The van der Waals surface area contributed by atoms with Gasteiger partial charge in [-0.15, -0.1) is 0 Å². The summed E-state index contributed by atoms with van der Waals surface area (Å²) in [5.41, 5.74) is 2.59. The van der Waals surface area contributed by atoms with Crippen LogP contribution in [-0.2, 0) is 0 Å². The van der Waals surface area contributed by atoms with Crippen LogP contribution in [0.25, 0.3) is 0 Å². The van der Waals surface area contributed by atoms with Crippen LogP contribution in [0.3, 0.4) is 0 Å². The molecule has 0 bridgehead atoms. The maximum atomic E-state index is 12.3. The van der Waals surface area contributed by atoms with Crippen LogP contribution in [0.2, 0.25) is 0 Å². The summed E-state index contributed by atoms with van der Waals surface area (Å²) in [5, 5.41) is 5.71. The van der Waals surface area contributed by atoms with Gasteiger partial charge >= 0.3 is 6.03 Å². The number of fused-ring (bicyclic) bond motifs is 1. The van der Waals surface area contributed by atoms with Crippen molar-refractivity contribution in [2.75, 3.05) is 35.4 Å². The topological polar surface area (TPSA) is 62.8 Å². The second-order valence-electron chi connectivity index (χ2n) is 6.25. The Hall–Kier alpha value is -2.89. The molecular formula is C19H21N3O3. The average Bonchev–Trinajstić information content (AvgIpc) is 3.10. The van der Waals surface area contributed by atoms with Crippen molar-refractivity contribution < 1.29 is 14.3 Å². The summed E-state index contributed by atoms with van der Waals surface area (Å²) in [6.07, 6.45) is 3.75. The van der Waals surface area contributed by atoms with Gasteiger partial charge in [-0.25, -0.2) is 4.79 Å². The molecule has 0 aliphatic carbocycles. The Balaban J connectivity index is 1.40. The molecule has 2 N–H and O–H groups in total. The van der Waals surface area contributed by atoms with E-state index < -0.39 is 0 Å². The van der Waals surface area contributed by atoms with Crippen molar-refractivity contribution >= 4 is 23.1 Å². The lowest BCUT2D eigenvalue weighted by atomic mass is 10.1. The van der Waals surface area contributed by atoms with Crippen LogP contribution in [0.5, 0.6) is 11.5 Å². The Bertz CT molecular complexity index is 772. The first-order chi connectivity index (χ1) is 12.3. The maximum absolute atomic E-state index is 12.3. The van der Waals surface area contributed by atoms with Gasteiger partial charge in [0.2, 0.25) is 6.79 Å². The van der Waals surface area contributed by atoms with Crippen LogP contribution in [0.4, 0.5) is 21.9 Å². The molecule has 130 valence electrons. The zero-order valence-electron chi connectivity index (χ0n) is 14.0. The van der Waals surface area contributed by atoms with Gasteiger partial charge in [-0.1, -0.05) is 6.07 Å². The van der Waals surface area contributed by atoms with E-state index in [1.54, 1.807) is 18.2 Å². The Morgan fingerprint density at radius 2 is 1.64 bits per heavy atom. The molecule has 6 nitrogen and oxygen atoms in total. The quantitative estimate of drug-likeness (QED) is 0.885. The molecule has 2 aromatic carbocycles. The van der Waals surface area contributed by atoms with Gasteiger partial charge in [0.25, 0.3) is 0 Å². The van der Waals surface area contributed by atoms with Crippen molar-refractivity contribution in [2.45, 2.75) is 19.3 Å². The number of hydrogen-bond donors (Lipinski definition) is 2. The summed E-state index contributed by atoms with van der Waals surface area (Å²) < 4.78 is 10.6. The van der Waals surface area contributed by atoms with Crippen molar-refractivity contribution in [3.05, 3.63) is 42.5 Å². The van der Waals surface area contributed by atoms with E-state index in [-0.39, 0.29) is 12.8 Å². The molecule has 4 rings (SSSR count). The zero-order chi connectivity index (χ0) is 17.1. The molecule has 1 saturated heterocycles. The first-order valence-corrected chi connectivity index (χ1v) is 8.61. The monoisotopic (exact) mass is 339 g/mol. The van der Waals surface area contributed by atoms with Gasteiger partial charge in [0.15, 0.2) is 11.5 Å². The van der Waals surface area contributed by atoms with Crippen molar-refractivity contribution in [1.29, 1.82) is 0 Å². The average molecular weight is 339 g/mol. The molecule has 2 aliphatic heterocycles. The first kappa shape index (κ1) is 15.6. The molecule has 6 heteroatoms. The van der Waals surface area contributed by atoms with E-state index >= 15 is 0 Å². The number of amides is 2. The number of carbonyl (C=O) groups is 1. The largest absolute Gasteiger partial charge is 0.454 e. The van der Waals surface area contributed by atoms with Gasteiger partial charge < -0.3 is 25.0 Å². The second-order valence-corrected chi connectivity index (χ2v) is 6.25. The molecule has 2 amide bonds. The van der Waals surface area contributed by atoms with Crippen LogP contribution in [0, 0.1) is 0 Å². The lowest BCUT2D eigenvalue weighted by Gasteiger charge is -2.29. The Morgan fingerprint density at radius 3 is 2.48 bits per heavy atom. The van der Waals surface area contributed by atoms with Gasteiger partial charge in [-0.2, -0.15) is 0 Å². The SMILES string of the molecule is O=C(Nc1cccc(N2CCCCC2)c1)Nc1ccc2c(c1)OCO2. The molecule has 0 atom stereocenters. The van der Waals surface area contributed by atoms with Crippen LogP contribution < -0.4 is 25.0 Å². The van der Waals surface area contributed by atoms with Crippen molar-refractivity contribution in [3.63, 3.8) is 0 Å². The predicted octanol–water partition coefficient (Wildman–Crippen LogP) is 4.05. The van der Waals surface area contributed by atoms with E-state index in [4.69, 9.17) is 9.47 Å². The lowest BCUT2D eigenvalue weighted by molar-refractivity contribution is 0.174. The normalized spacial score (nSPS) is 15.8. The summed E-state index contributed by atoms with van der Waals surface area (Å²) in [6.45, 7) is 2.37. The molecule has 0 radical (unpaired) electrons. The Labute approximate surface area is 146 Å². The maximum Gasteiger partial charge on any atom is 0.323 e. The van der Waals surface area contributed by atoms with E-state index in [0.29, 0.717) is 17.2 Å². The smallest absolute Gasteiger partial charge is 0.323 e. The highest BCUT2D eigenvalue weighted by Gasteiger charge is 2.15. The van der Waals surface area contributed by atoms with Crippen molar-refractivity contribution in [3.8, 4) is 11.5 Å². The fourth-order valence-electron chi connectivity index (χ4n) is 3.20. The number of urea groups is 1. The van der Waals surface area contributed by atoms with Crippen molar-refractivity contribution in [2.24, 2.45) is 0 Å². The number of nitrogens with zero attached hydrogens (tertiary/aromatic N) is 1. The second kappa shape index (κ2) is 6.93. The van der Waals surface area contributed by atoms with E-state index in [1.165, 1.54) is 19.3 Å². The molecule has 0 aromatic heterocycles. The predicted molar refractivity (Wildman–Crippen MR) is 97.7 cm³/mol. The molecule has 0 spiro atoms. The van der Waals surface area contributed by atoms with Gasteiger partial charge in [0.05, 0.1) is 0 Å². The third-order valence-corrected chi connectivity index (χ3v) is 4.46. The summed E-state index contributed by atoms with van der Waals surface area (Å²) in [5.74, 6) is 1.34. The van der Waals surface area contributed by atoms with Gasteiger partial charge in [-0.3, -0.25) is 0 Å². The number of carbonyl (C=O) groups excluding carboxylic acids is 1. The molecule has 0 unspecified atom stereocenters. The van der Waals surface area contributed by atoms with Crippen LogP contribution in [0.15, 0.2) is 42.5 Å². The number of piperidine rings is 1. The number of benzene rings is 2. The summed E-state index contributed by atoms with van der Waals surface area (Å²) in [6, 6.07) is 13.0. The van der Waals surface area contributed by atoms with E-state index in [9.17, 15) is 4.79 Å². The molecule has 2 heterocycles. The lowest BCUT2D eigenvalue weighted by Crippen LogP contribution is -2.29. The molecule has 2 aliphatic rings. The van der Waals surface area contributed by atoms with E-state index in [2.05, 4.69) is 21.6 Å². The Kier molecular flexibility index (Phi) is 4.33. The number of nitrogens with one attached hydrogen (secondary N) is 2. The first-order valence-electron chi connectivity index (χ1n) is 8.61. The van der Waals surface area contributed by atoms with Crippen molar-refractivity contribution in [1.82, 2.24) is 0 Å².